The summed E-state index contributed by atoms with van der Waals surface area (Å²) in [6.45, 7) is 9.27. The van der Waals surface area contributed by atoms with Gasteiger partial charge in [-0.15, -0.1) is 0 Å². The second kappa shape index (κ2) is 7.62. The van der Waals surface area contributed by atoms with Gasteiger partial charge in [-0.25, -0.2) is 0 Å². The average Bonchev–Trinajstić information content (AvgIpc) is 2.89. The van der Waals surface area contributed by atoms with Crippen molar-refractivity contribution in [2.45, 2.75) is 39.8 Å². The molecule has 130 valence electrons. The van der Waals surface area contributed by atoms with Crippen molar-refractivity contribution in [1.29, 1.82) is 0 Å². The normalized spacial score (nSPS) is 14.9. The largest absolute Gasteiger partial charge is 0.364 e. The van der Waals surface area contributed by atoms with Gasteiger partial charge in [0, 0.05) is 25.9 Å². The smallest absolute Gasteiger partial charge is 0.256 e. The highest BCUT2D eigenvalue weighted by molar-refractivity contribution is 5.86. The third-order valence-electron chi connectivity index (χ3n) is 4.37. The van der Waals surface area contributed by atoms with Gasteiger partial charge in [0.25, 0.3) is 5.91 Å². The van der Waals surface area contributed by atoms with Gasteiger partial charge in [0.05, 0.1) is 5.69 Å². The molecule has 0 radical (unpaired) electrons. The Labute approximate surface area is 144 Å². The van der Waals surface area contributed by atoms with E-state index in [1.165, 1.54) is 0 Å². The Morgan fingerprint density at radius 3 is 2.54 bits per heavy atom. The minimum absolute atomic E-state index is 0.128. The number of carbonyl (C=O) groups excluding carboxylic acids is 1. The molecule has 2 aromatic rings. The molecule has 5 nitrogen and oxygen atoms in total. The predicted molar refractivity (Wildman–Crippen MR) is 94.7 cm³/mol. The monoisotopic (exact) mass is 329 g/mol. The quantitative estimate of drug-likeness (QED) is 0.850. The molecule has 1 aromatic heterocycles. The molecule has 0 spiro atoms. The minimum atomic E-state index is -0.987. The molecule has 0 saturated carbocycles. The van der Waals surface area contributed by atoms with E-state index < -0.39 is 5.60 Å². The Bertz CT molecular complexity index is 681. The summed E-state index contributed by atoms with van der Waals surface area (Å²) in [6.07, 6.45) is 0. The molecule has 1 N–H and O–H groups in total. The first-order chi connectivity index (χ1) is 11.4. The Hall–Kier alpha value is -2.14. The van der Waals surface area contributed by atoms with Crippen molar-refractivity contribution in [3.05, 3.63) is 53.3 Å². The summed E-state index contributed by atoms with van der Waals surface area (Å²) in [4.78, 5) is 12.7. The summed E-state index contributed by atoms with van der Waals surface area (Å²) in [7, 11) is 1.56. The molecule has 0 unspecified atom stereocenters. The van der Waals surface area contributed by atoms with Gasteiger partial charge in [-0.05, 0) is 38.3 Å². The molecule has 1 amide bonds. The van der Waals surface area contributed by atoms with E-state index in [0.29, 0.717) is 6.54 Å². The van der Waals surface area contributed by atoms with E-state index in [-0.39, 0.29) is 11.8 Å². The predicted octanol–water partition coefficient (Wildman–Crippen LogP) is 2.81. The number of methoxy groups -OCH3 is 1. The van der Waals surface area contributed by atoms with Gasteiger partial charge in [-0.1, -0.05) is 37.3 Å². The van der Waals surface area contributed by atoms with Crippen LogP contribution in [-0.4, -0.2) is 29.3 Å². The molecule has 2 rings (SSSR count). The Balaban J connectivity index is 1.97. The summed E-state index contributed by atoms with van der Waals surface area (Å²) >= 11 is 0. The lowest BCUT2D eigenvalue weighted by molar-refractivity contribution is -0.142. The lowest BCUT2D eigenvalue weighted by atomic mass is 9.94. The number of ether oxygens (including phenoxy) is 1. The Morgan fingerprint density at radius 2 is 2.00 bits per heavy atom. The van der Waals surface area contributed by atoms with Gasteiger partial charge in [0.1, 0.15) is 0 Å². The first-order valence-corrected chi connectivity index (χ1v) is 8.27. The molecule has 5 heteroatoms. The zero-order chi connectivity index (χ0) is 17.7. The van der Waals surface area contributed by atoms with Gasteiger partial charge < -0.3 is 10.1 Å². The van der Waals surface area contributed by atoms with Crippen LogP contribution in [0.1, 0.15) is 30.8 Å². The topological polar surface area (TPSA) is 56.1 Å². The van der Waals surface area contributed by atoms with Crippen molar-refractivity contribution in [1.82, 2.24) is 15.1 Å². The number of nitrogens with zero attached hydrogens (tertiary/aromatic N) is 2. The third-order valence-corrected chi connectivity index (χ3v) is 4.37. The molecule has 0 fully saturated rings. The molecule has 0 aliphatic heterocycles. The molecular weight excluding hydrogens is 302 g/mol. The van der Waals surface area contributed by atoms with Crippen LogP contribution in [0.15, 0.2) is 36.4 Å². The second-order valence-electron chi connectivity index (χ2n) is 6.53. The highest BCUT2D eigenvalue weighted by Gasteiger charge is 2.35. The van der Waals surface area contributed by atoms with Crippen molar-refractivity contribution in [3.8, 4) is 0 Å². The zero-order valence-electron chi connectivity index (χ0n) is 15.2. The van der Waals surface area contributed by atoms with E-state index in [4.69, 9.17) is 4.74 Å². The SMILES string of the molecule is CO[C@@](C)(C(=O)NC[C@@H](C)Cn1nc(C)cc1C)c1ccccc1. The number of hydrogen-bond acceptors (Lipinski definition) is 3. The number of amides is 1. The number of benzene rings is 1. The van der Waals surface area contributed by atoms with Crippen molar-refractivity contribution < 1.29 is 9.53 Å². The number of aryl methyl sites for hydroxylation is 2. The van der Waals surface area contributed by atoms with E-state index >= 15 is 0 Å². The third kappa shape index (κ3) is 4.03. The van der Waals surface area contributed by atoms with Crippen LogP contribution in [0.2, 0.25) is 0 Å². The van der Waals surface area contributed by atoms with Gasteiger partial charge in [0.2, 0.25) is 0 Å². The molecule has 0 saturated heterocycles. The molecule has 0 aliphatic carbocycles. The second-order valence-corrected chi connectivity index (χ2v) is 6.53. The van der Waals surface area contributed by atoms with Gasteiger partial charge in [-0.3, -0.25) is 9.48 Å². The first-order valence-electron chi connectivity index (χ1n) is 8.27. The number of aromatic nitrogens is 2. The summed E-state index contributed by atoms with van der Waals surface area (Å²) < 4.78 is 7.51. The summed E-state index contributed by atoms with van der Waals surface area (Å²) in [5, 5.41) is 7.48. The van der Waals surface area contributed by atoms with Crippen LogP contribution in [0.3, 0.4) is 0 Å². The summed E-state index contributed by atoms with van der Waals surface area (Å²) in [5.41, 5.74) is 2.01. The van der Waals surface area contributed by atoms with Gasteiger partial charge in [-0.2, -0.15) is 5.10 Å². The maximum atomic E-state index is 12.7. The van der Waals surface area contributed by atoms with Crippen LogP contribution in [0.25, 0.3) is 0 Å². The van der Waals surface area contributed by atoms with Crippen LogP contribution in [-0.2, 0) is 21.7 Å². The molecule has 1 heterocycles. The fourth-order valence-electron chi connectivity index (χ4n) is 2.75. The maximum Gasteiger partial charge on any atom is 0.256 e. The fraction of sp³-hybridized carbons (Fsp3) is 0.474. The van der Waals surface area contributed by atoms with Crippen LogP contribution in [0, 0.1) is 19.8 Å². The van der Waals surface area contributed by atoms with Crippen LogP contribution in [0.4, 0.5) is 0 Å². The zero-order valence-corrected chi connectivity index (χ0v) is 15.2. The Kier molecular flexibility index (Phi) is 5.78. The van der Waals surface area contributed by atoms with Crippen LogP contribution >= 0.6 is 0 Å². The Morgan fingerprint density at radius 1 is 1.33 bits per heavy atom. The van der Waals surface area contributed by atoms with Gasteiger partial charge in [0.15, 0.2) is 5.60 Å². The van der Waals surface area contributed by atoms with Crippen molar-refractivity contribution in [3.63, 3.8) is 0 Å². The van der Waals surface area contributed by atoms with E-state index in [9.17, 15) is 4.79 Å². The summed E-state index contributed by atoms with van der Waals surface area (Å²) in [5.74, 6) is 0.139. The molecule has 2 atom stereocenters. The van der Waals surface area contributed by atoms with Gasteiger partial charge >= 0.3 is 0 Å². The van der Waals surface area contributed by atoms with E-state index in [0.717, 1.165) is 23.5 Å². The highest BCUT2D eigenvalue weighted by Crippen LogP contribution is 2.24. The first kappa shape index (κ1) is 18.2. The molecule has 24 heavy (non-hydrogen) atoms. The lowest BCUT2D eigenvalue weighted by Crippen LogP contribution is -2.45. The van der Waals surface area contributed by atoms with E-state index in [2.05, 4.69) is 23.4 Å². The van der Waals surface area contributed by atoms with Crippen molar-refractivity contribution in [2.24, 2.45) is 5.92 Å². The number of rotatable bonds is 7. The van der Waals surface area contributed by atoms with E-state index in [1.54, 1.807) is 14.0 Å². The van der Waals surface area contributed by atoms with Crippen LogP contribution < -0.4 is 5.32 Å². The molecule has 0 bridgehead atoms. The number of carbonyl (C=O) groups is 1. The van der Waals surface area contributed by atoms with Crippen molar-refractivity contribution in [2.75, 3.05) is 13.7 Å². The average molecular weight is 329 g/mol. The lowest BCUT2D eigenvalue weighted by Gasteiger charge is -2.28. The number of hydrogen-bond donors (Lipinski definition) is 1. The van der Waals surface area contributed by atoms with Crippen molar-refractivity contribution >= 4 is 5.91 Å². The fourth-order valence-corrected chi connectivity index (χ4v) is 2.75. The molecule has 0 aliphatic rings. The highest BCUT2D eigenvalue weighted by atomic mass is 16.5. The maximum absolute atomic E-state index is 12.7. The molecule has 1 aromatic carbocycles. The number of nitrogens with one attached hydrogen (secondary N) is 1. The molecular formula is C19H27N3O2. The standard InChI is InChI=1S/C19H27N3O2/c1-14(13-22-16(3)11-15(2)21-22)12-20-18(23)19(4,24-5)17-9-7-6-8-10-17/h6-11,14H,12-13H2,1-5H3,(H,20,23)/t14-,19-/m1/s1. The summed E-state index contributed by atoms with van der Waals surface area (Å²) in [6, 6.07) is 11.6. The minimum Gasteiger partial charge on any atom is -0.364 e. The van der Waals surface area contributed by atoms with Crippen LogP contribution in [0.5, 0.6) is 0 Å². The van der Waals surface area contributed by atoms with E-state index in [1.807, 2.05) is 48.9 Å².